The quantitative estimate of drug-likeness (QED) is 0.753. The minimum Gasteiger partial charge on any atom is -0.396 e. The van der Waals surface area contributed by atoms with E-state index in [1.54, 1.807) is 27.7 Å². The molecular weight excluding hydrogens is 401 g/mol. The third-order valence-corrected chi connectivity index (χ3v) is 6.78. The molecule has 1 aromatic heterocycles. The number of carbonyl (C=O) groups is 2. The summed E-state index contributed by atoms with van der Waals surface area (Å²) in [5.74, 6) is -1.55. The third kappa shape index (κ3) is 3.35. The lowest BCUT2D eigenvalue weighted by Crippen LogP contribution is -2.50. The van der Waals surface area contributed by atoms with Crippen LogP contribution >= 0.6 is 0 Å². The first kappa shape index (κ1) is 19.9. The summed E-state index contributed by atoms with van der Waals surface area (Å²) in [7, 11) is 0. The fourth-order valence-electron chi connectivity index (χ4n) is 5.12. The summed E-state index contributed by atoms with van der Waals surface area (Å²) in [6.45, 7) is 0.318. The highest BCUT2D eigenvalue weighted by molar-refractivity contribution is 5.91. The summed E-state index contributed by atoms with van der Waals surface area (Å²) in [5, 5.41) is 13.1. The van der Waals surface area contributed by atoms with Gasteiger partial charge in [0.25, 0.3) is 5.56 Å². The topological polar surface area (TPSA) is 91.6 Å². The SMILES string of the molecule is O=C(NCc1ccc(F)cc1)[C@H]1[C@H](CO)[C@H]2Cn3c(cccc3=O)[C@H]2N1C(=O)C1CC1. The monoisotopic (exact) mass is 425 g/mol. The highest BCUT2D eigenvalue weighted by Crippen LogP contribution is 2.51. The van der Waals surface area contributed by atoms with Crippen molar-refractivity contribution in [3.63, 3.8) is 0 Å². The smallest absolute Gasteiger partial charge is 0.250 e. The Hall–Kier alpha value is -3.00. The lowest BCUT2D eigenvalue weighted by molar-refractivity contribution is -0.142. The average Bonchev–Trinajstić information content (AvgIpc) is 3.47. The lowest BCUT2D eigenvalue weighted by Gasteiger charge is -2.31. The maximum atomic E-state index is 13.3. The van der Waals surface area contributed by atoms with E-state index in [0.717, 1.165) is 24.1 Å². The zero-order valence-electron chi connectivity index (χ0n) is 16.9. The molecule has 162 valence electrons. The Morgan fingerprint density at radius 2 is 1.87 bits per heavy atom. The number of hydrogen-bond donors (Lipinski definition) is 2. The normalized spacial score (nSPS) is 26.5. The second kappa shape index (κ2) is 7.60. The number of aliphatic hydroxyl groups excluding tert-OH is 1. The van der Waals surface area contributed by atoms with E-state index in [1.165, 1.54) is 18.2 Å². The summed E-state index contributed by atoms with van der Waals surface area (Å²) in [4.78, 5) is 40.5. The van der Waals surface area contributed by atoms with Gasteiger partial charge in [0, 0.05) is 49.2 Å². The predicted molar refractivity (Wildman–Crippen MR) is 109 cm³/mol. The van der Waals surface area contributed by atoms with Crippen LogP contribution in [-0.2, 0) is 22.7 Å². The Labute approximate surface area is 178 Å². The Bertz CT molecular complexity index is 1080. The highest BCUT2D eigenvalue weighted by atomic mass is 19.1. The van der Waals surface area contributed by atoms with Gasteiger partial charge in [-0.3, -0.25) is 14.4 Å². The van der Waals surface area contributed by atoms with Crippen LogP contribution in [0.1, 0.15) is 30.1 Å². The number of carbonyl (C=O) groups excluding carboxylic acids is 2. The van der Waals surface area contributed by atoms with Crippen LogP contribution in [0.5, 0.6) is 0 Å². The Kier molecular flexibility index (Phi) is 4.89. The number of nitrogens with zero attached hydrogens (tertiary/aromatic N) is 2. The fraction of sp³-hybridized carbons (Fsp3) is 0.435. The summed E-state index contributed by atoms with van der Waals surface area (Å²) >= 11 is 0. The second-order valence-electron chi connectivity index (χ2n) is 8.66. The number of aromatic nitrogens is 1. The Morgan fingerprint density at radius 3 is 2.55 bits per heavy atom. The van der Waals surface area contributed by atoms with Crippen LogP contribution in [0.25, 0.3) is 0 Å². The van der Waals surface area contributed by atoms with Crippen molar-refractivity contribution in [3.8, 4) is 0 Å². The molecule has 5 rings (SSSR count). The average molecular weight is 425 g/mol. The van der Waals surface area contributed by atoms with Crippen molar-refractivity contribution in [2.75, 3.05) is 6.61 Å². The number of amides is 2. The van der Waals surface area contributed by atoms with E-state index in [9.17, 15) is 23.9 Å². The van der Waals surface area contributed by atoms with Crippen molar-refractivity contribution in [1.82, 2.24) is 14.8 Å². The summed E-state index contributed by atoms with van der Waals surface area (Å²) < 4.78 is 14.8. The van der Waals surface area contributed by atoms with Crippen LogP contribution < -0.4 is 10.9 Å². The number of nitrogens with one attached hydrogen (secondary N) is 1. The number of aliphatic hydroxyl groups is 1. The van der Waals surface area contributed by atoms with Crippen LogP contribution in [0.4, 0.5) is 4.39 Å². The van der Waals surface area contributed by atoms with Crippen LogP contribution in [0.3, 0.4) is 0 Å². The maximum absolute atomic E-state index is 13.3. The fourth-order valence-corrected chi connectivity index (χ4v) is 5.12. The summed E-state index contributed by atoms with van der Waals surface area (Å²) in [5.41, 5.74) is 1.32. The van der Waals surface area contributed by atoms with E-state index in [0.29, 0.717) is 6.54 Å². The molecule has 2 amide bonds. The molecule has 2 aromatic rings. The van der Waals surface area contributed by atoms with Gasteiger partial charge in [0.05, 0.1) is 6.04 Å². The van der Waals surface area contributed by atoms with Gasteiger partial charge in [-0.15, -0.1) is 0 Å². The Balaban J connectivity index is 1.46. The molecular formula is C23H24FN3O4. The zero-order valence-corrected chi connectivity index (χ0v) is 16.9. The largest absolute Gasteiger partial charge is 0.396 e. The van der Waals surface area contributed by atoms with Crippen LogP contribution in [-0.4, -0.2) is 39.0 Å². The van der Waals surface area contributed by atoms with E-state index >= 15 is 0 Å². The van der Waals surface area contributed by atoms with Crippen molar-refractivity contribution in [2.45, 2.75) is 38.0 Å². The van der Waals surface area contributed by atoms with Crippen molar-refractivity contribution < 1.29 is 19.1 Å². The van der Waals surface area contributed by atoms with Crippen molar-refractivity contribution >= 4 is 11.8 Å². The molecule has 1 aromatic carbocycles. The molecule has 1 saturated heterocycles. The van der Waals surface area contributed by atoms with Gasteiger partial charge in [0.1, 0.15) is 11.9 Å². The molecule has 0 unspecified atom stereocenters. The molecule has 7 nitrogen and oxygen atoms in total. The van der Waals surface area contributed by atoms with Crippen LogP contribution in [0.15, 0.2) is 47.3 Å². The van der Waals surface area contributed by atoms with Gasteiger partial charge in [-0.05, 0) is 36.6 Å². The van der Waals surface area contributed by atoms with E-state index in [2.05, 4.69) is 5.32 Å². The molecule has 8 heteroatoms. The van der Waals surface area contributed by atoms with Gasteiger partial charge < -0.3 is 19.9 Å². The lowest BCUT2D eigenvalue weighted by atomic mass is 9.88. The standard InChI is InChI=1S/C23H24FN3O4/c24-15-8-4-13(5-9-15)10-25-22(30)21-17(12-28)16-11-26-18(2-1-3-19(26)29)20(16)27(21)23(31)14-6-7-14/h1-5,8-9,14,16-17,20-21,28H,6-7,10-12H2,(H,25,30)/t16-,17-,20+,21-/m1/s1. The molecule has 4 atom stereocenters. The Morgan fingerprint density at radius 1 is 1.13 bits per heavy atom. The van der Waals surface area contributed by atoms with Gasteiger partial charge in [-0.25, -0.2) is 4.39 Å². The first-order chi connectivity index (χ1) is 15.0. The molecule has 0 radical (unpaired) electrons. The van der Waals surface area contributed by atoms with Gasteiger partial charge in [-0.2, -0.15) is 0 Å². The second-order valence-corrected chi connectivity index (χ2v) is 8.66. The summed E-state index contributed by atoms with van der Waals surface area (Å²) in [6, 6.07) is 9.62. The van der Waals surface area contributed by atoms with Crippen molar-refractivity contribution in [1.29, 1.82) is 0 Å². The van der Waals surface area contributed by atoms with Crippen molar-refractivity contribution in [2.24, 2.45) is 17.8 Å². The van der Waals surface area contributed by atoms with Gasteiger partial charge >= 0.3 is 0 Å². The van der Waals surface area contributed by atoms with E-state index in [-0.39, 0.29) is 48.2 Å². The molecule has 2 fully saturated rings. The highest BCUT2D eigenvalue weighted by Gasteiger charge is 2.58. The number of hydrogen-bond acceptors (Lipinski definition) is 4. The summed E-state index contributed by atoms with van der Waals surface area (Å²) in [6.07, 6.45) is 1.59. The number of pyridine rings is 1. The number of likely N-dealkylation sites (tertiary alicyclic amines) is 1. The molecule has 1 saturated carbocycles. The zero-order chi connectivity index (χ0) is 21.7. The van der Waals surface area contributed by atoms with Crippen LogP contribution in [0.2, 0.25) is 0 Å². The molecule has 1 aliphatic carbocycles. The molecule has 2 N–H and O–H groups in total. The minimum absolute atomic E-state index is 0.0855. The number of benzene rings is 1. The van der Waals surface area contributed by atoms with Gasteiger partial charge in [0.2, 0.25) is 11.8 Å². The van der Waals surface area contributed by atoms with Crippen molar-refractivity contribution in [3.05, 3.63) is 69.9 Å². The number of fused-ring (bicyclic) bond motifs is 3. The van der Waals surface area contributed by atoms with E-state index in [1.807, 2.05) is 6.07 Å². The molecule has 3 heterocycles. The number of halogens is 1. The van der Waals surface area contributed by atoms with E-state index < -0.39 is 18.0 Å². The minimum atomic E-state index is -0.808. The predicted octanol–water partition coefficient (Wildman–Crippen LogP) is 1.20. The molecule has 3 aliphatic rings. The van der Waals surface area contributed by atoms with Gasteiger partial charge in [0.15, 0.2) is 0 Å². The molecule has 2 aliphatic heterocycles. The van der Waals surface area contributed by atoms with Crippen LogP contribution in [0, 0.1) is 23.6 Å². The molecule has 31 heavy (non-hydrogen) atoms. The third-order valence-electron chi connectivity index (χ3n) is 6.78. The number of rotatable bonds is 5. The maximum Gasteiger partial charge on any atom is 0.250 e. The molecule has 0 spiro atoms. The first-order valence-corrected chi connectivity index (χ1v) is 10.6. The van der Waals surface area contributed by atoms with Gasteiger partial charge in [-0.1, -0.05) is 18.2 Å². The van der Waals surface area contributed by atoms with E-state index in [4.69, 9.17) is 0 Å². The first-order valence-electron chi connectivity index (χ1n) is 10.6. The molecule has 0 bridgehead atoms.